The average Bonchev–Trinajstić information content (AvgIpc) is 2.50. The zero-order valence-corrected chi connectivity index (χ0v) is 13.1. The van der Waals surface area contributed by atoms with Crippen molar-refractivity contribution in [1.29, 1.82) is 0 Å². The van der Waals surface area contributed by atoms with Crippen molar-refractivity contribution in [3.8, 4) is 5.75 Å². The zero-order chi connectivity index (χ0) is 15.5. The molecule has 0 saturated heterocycles. The molecule has 4 nitrogen and oxygen atoms in total. The van der Waals surface area contributed by atoms with Crippen LogP contribution in [-0.2, 0) is 9.84 Å². The molecule has 0 heterocycles. The summed E-state index contributed by atoms with van der Waals surface area (Å²) in [6, 6.07) is 14.0. The highest BCUT2D eigenvalue weighted by molar-refractivity contribution is 7.91. The SMILES string of the molecule is COc1ccc(S(=O)(=O)[C@@H](C[NH3+])c2ccccc2C)cc1. The summed E-state index contributed by atoms with van der Waals surface area (Å²) >= 11 is 0. The van der Waals surface area contributed by atoms with E-state index in [4.69, 9.17) is 4.74 Å². The maximum absolute atomic E-state index is 12.8. The van der Waals surface area contributed by atoms with E-state index < -0.39 is 15.1 Å². The summed E-state index contributed by atoms with van der Waals surface area (Å²) in [5.41, 5.74) is 5.60. The summed E-state index contributed by atoms with van der Waals surface area (Å²) in [6.45, 7) is 2.21. The van der Waals surface area contributed by atoms with Crippen LogP contribution < -0.4 is 10.5 Å². The molecule has 0 bridgehead atoms. The van der Waals surface area contributed by atoms with Crippen molar-refractivity contribution in [3.05, 3.63) is 59.7 Å². The lowest BCUT2D eigenvalue weighted by Crippen LogP contribution is -2.54. The minimum absolute atomic E-state index is 0.291. The van der Waals surface area contributed by atoms with Gasteiger partial charge in [0.1, 0.15) is 11.0 Å². The smallest absolute Gasteiger partial charge is 0.190 e. The predicted molar refractivity (Wildman–Crippen MR) is 81.9 cm³/mol. The molecule has 21 heavy (non-hydrogen) atoms. The van der Waals surface area contributed by atoms with Gasteiger partial charge >= 0.3 is 0 Å². The molecule has 2 rings (SSSR count). The number of benzene rings is 2. The van der Waals surface area contributed by atoms with Gasteiger partial charge in [0.15, 0.2) is 9.84 Å². The Balaban J connectivity index is 2.47. The van der Waals surface area contributed by atoms with Gasteiger partial charge in [-0.05, 0) is 42.3 Å². The van der Waals surface area contributed by atoms with Crippen molar-refractivity contribution in [3.63, 3.8) is 0 Å². The highest BCUT2D eigenvalue weighted by Crippen LogP contribution is 2.30. The topological polar surface area (TPSA) is 71.0 Å². The van der Waals surface area contributed by atoms with Gasteiger partial charge in [-0.3, -0.25) is 0 Å². The summed E-state index contributed by atoms with van der Waals surface area (Å²) in [4.78, 5) is 0.292. The van der Waals surface area contributed by atoms with Crippen LogP contribution in [0.15, 0.2) is 53.4 Å². The van der Waals surface area contributed by atoms with Crippen molar-refractivity contribution in [1.82, 2.24) is 0 Å². The third-order valence-corrected chi connectivity index (χ3v) is 5.73. The van der Waals surface area contributed by atoms with Crippen molar-refractivity contribution in [2.75, 3.05) is 13.7 Å². The van der Waals surface area contributed by atoms with Crippen molar-refractivity contribution >= 4 is 9.84 Å². The van der Waals surface area contributed by atoms with E-state index in [-0.39, 0.29) is 0 Å². The average molecular weight is 306 g/mol. The van der Waals surface area contributed by atoms with Crippen molar-refractivity contribution in [2.24, 2.45) is 0 Å². The monoisotopic (exact) mass is 306 g/mol. The van der Waals surface area contributed by atoms with Gasteiger partial charge in [-0.2, -0.15) is 0 Å². The Morgan fingerprint density at radius 1 is 1.10 bits per heavy atom. The first kappa shape index (κ1) is 15.5. The molecule has 0 fully saturated rings. The maximum Gasteiger partial charge on any atom is 0.190 e. The van der Waals surface area contributed by atoms with Crippen LogP contribution in [0.4, 0.5) is 0 Å². The molecule has 0 aromatic heterocycles. The first-order valence-electron chi connectivity index (χ1n) is 6.73. The second kappa shape index (κ2) is 6.28. The van der Waals surface area contributed by atoms with E-state index in [1.807, 2.05) is 31.2 Å². The minimum Gasteiger partial charge on any atom is -0.497 e. The Morgan fingerprint density at radius 2 is 1.71 bits per heavy atom. The molecule has 0 amide bonds. The number of quaternary nitrogens is 1. The maximum atomic E-state index is 12.8. The van der Waals surface area contributed by atoms with Gasteiger partial charge in [0.25, 0.3) is 0 Å². The van der Waals surface area contributed by atoms with Gasteiger partial charge in [0, 0.05) is 0 Å². The summed E-state index contributed by atoms with van der Waals surface area (Å²) in [5, 5.41) is -0.632. The standard InChI is InChI=1S/C16H19NO3S/c1-12-5-3-4-6-15(12)16(11-17)21(18,19)14-9-7-13(20-2)8-10-14/h3-10,16H,11,17H2,1-2H3/p+1/t16-/m0/s1. The lowest BCUT2D eigenvalue weighted by atomic mass is 10.1. The predicted octanol–water partition coefficient (Wildman–Crippen LogP) is 1.76. The molecule has 0 aliphatic rings. The second-order valence-electron chi connectivity index (χ2n) is 4.85. The van der Waals surface area contributed by atoms with Crippen molar-refractivity contribution in [2.45, 2.75) is 17.1 Å². The van der Waals surface area contributed by atoms with Crippen LogP contribution >= 0.6 is 0 Å². The summed E-state index contributed by atoms with van der Waals surface area (Å²) in [5.74, 6) is 0.635. The van der Waals surface area contributed by atoms with E-state index in [0.717, 1.165) is 11.1 Å². The van der Waals surface area contributed by atoms with E-state index >= 15 is 0 Å². The van der Waals surface area contributed by atoms with Crippen LogP contribution in [0, 0.1) is 6.92 Å². The van der Waals surface area contributed by atoms with E-state index in [9.17, 15) is 8.42 Å². The van der Waals surface area contributed by atoms with E-state index in [2.05, 4.69) is 5.73 Å². The zero-order valence-electron chi connectivity index (χ0n) is 12.2. The molecule has 0 aliphatic heterocycles. The van der Waals surface area contributed by atoms with Gasteiger partial charge in [0.05, 0.1) is 18.6 Å². The minimum atomic E-state index is -3.47. The molecule has 0 radical (unpaired) electrons. The van der Waals surface area contributed by atoms with Crippen LogP contribution in [0.3, 0.4) is 0 Å². The fraction of sp³-hybridized carbons (Fsp3) is 0.250. The molecule has 5 heteroatoms. The van der Waals surface area contributed by atoms with Gasteiger partial charge in [-0.25, -0.2) is 8.42 Å². The molecule has 0 spiro atoms. The van der Waals surface area contributed by atoms with E-state index in [1.165, 1.54) is 0 Å². The Morgan fingerprint density at radius 3 is 2.24 bits per heavy atom. The van der Waals surface area contributed by atoms with Gasteiger partial charge < -0.3 is 10.5 Å². The molecule has 3 N–H and O–H groups in total. The molecule has 1 atom stereocenters. The molecule has 2 aromatic carbocycles. The fourth-order valence-corrected chi connectivity index (χ4v) is 4.11. The molecule has 0 saturated carbocycles. The summed E-state index contributed by atoms with van der Waals surface area (Å²) < 4.78 is 30.7. The van der Waals surface area contributed by atoms with Crippen molar-refractivity contribution < 1.29 is 18.9 Å². The highest BCUT2D eigenvalue weighted by atomic mass is 32.2. The Kier molecular flexibility index (Phi) is 4.65. The number of rotatable bonds is 5. The molecule has 0 unspecified atom stereocenters. The fourth-order valence-electron chi connectivity index (χ4n) is 2.36. The molecular weight excluding hydrogens is 286 g/mol. The first-order chi connectivity index (χ1) is 10.0. The molecule has 0 aliphatic carbocycles. The van der Waals surface area contributed by atoms with E-state index in [1.54, 1.807) is 31.4 Å². The third kappa shape index (κ3) is 3.09. The number of ether oxygens (including phenoxy) is 1. The lowest BCUT2D eigenvalue weighted by molar-refractivity contribution is -0.367. The molecular formula is C16H20NO3S+. The summed E-state index contributed by atoms with van der Waals surface area (Å²) in [7, 11) is -1.92. The van der Waals surface area contributed by atoms with Gasteiger partial charge in [-0.15, -0.1) is 0 Å². The van der Waals surface area contributed by atoms with Crippen LogP contribution in [0.5, 0.6) is 5.75 Å². The van der Waals surface area contributed by atoms with Crippen LogP contribution in [-0.4, -0.2) is 22.1 Å². The Bertz CT molecular complexity index is 709. The van der Waals surface area contributed by atoms with Gasteiger partial charge in [-0.1, -0.05) is 24.3 Å². The molecule has 112 valence electrons. The van der Waals surface area contributed by atoms with Crippen LogP contribution in [0.2, 0.25) is 0 Å². The number of hydrogen-bond acceptors (Lipinski definition) is 3. The van der Waals surface area contributed by atoms with Crippen LogP contribution in [0.25, 0.3) is 0 Å². The number of methoxy groups -OCH3 is 1. The van der Waals surface area contributed by atoms with Gasteiger partial charge in [0.2, 0.25) is 0 Å². The number of aryl methyl sites for hydroxylation is 1. The number of sulfone groups is 1. The Labute approximate surface area is 125 Å². The summed E-state index contributed by atoms with van der Waals surface area (Å²) in [6.07, 6.45) is 0. The van der Waals surface area contributed by atoms with E-state index in [0.29, 0.717) is 17.2 Å². The number of hydrogen-bond donors (Lipinski definition) is 1. The largest absolute Gasteiger partial charge is 0.497 e. The Hall–Kier alpha value is -1.85. The second-order valence-corrected chi connectivity index (χ2v) is 6.98. The first-order valence-corrected chi connectivity index (χ1v) is 8.28. The third-order valence-electron chi connectivity index (χ3n) is 3.56. The quantitative estimate of drug-likeness (QED) is 0.915. The highest BCUT2D eigenvalue weighted by Gasteiger charge is 2.30. The lowest BCUT2D eigenvalue weighted by Gasteiger charge is -2.17. The molecule has 2 aromatic rings. The van der Waals surface area contributed by atoms with Crippen LogP contribution in [0.1, 0.15) is 16.4 Å². The normalized spacial score (nSPS) is 12.9.